The molecule has 0 saturated heterocycles. The molecule has 2 aromatic heterocycles. The average molecular weight is 387 g/mol. The van der Waals surface area contributed by atoms with Crippen LogP contribution in [0.5, 0.6) is 5.75 Å². The summed E-state index contributed by atoms with van der Waals surface area (Å²) in [6, 6.07) is 11.0. The molecule has 8 nitrogen and oxygen atoms in total. The number of nitrogens with one attached hydrogen (secondary N) is 2. The Kier molecular flexibility index (Phi) is 5.92. The largest absolute Gasteiger partial charge is 0.497 e. The zero-order chi connectivity index (χ0) is 19.2. The Morgan fingerprint density at radius 1 is 1.22 bits per heavy atom. The van der Waals surface area contributed by atoms with Crippen LogP contribution in [0.3, 0.4) is 0 Å². The number of ether oxygens (including phenoxy) is 1. The fraction of sp³-hybridized carbons (Fsp3) is 0.278. The second-order valence-corrected chi connectivity index (χ2v) is 6.84. The lowest BCUT2D eigenvalue weighted by Crippen LogP contribution is -2.38. The first-order valence-corrected chi connectivity index (χ1v) is 9.29. The fourth-order valence-electron chi connectivity index (χ4n) is 2.54. The minimum absolute atomic E-state index is 0.235. The first-order valence-electron chi connectivity index (χ1n) is 8.41. The van der Waals surface area contributed by atoms with Gasteiger partial charge in [-0.25, -0.2) is 14.3 Å². The first kappa shape index (κ1) is 18.7. The van der Waals surface area contributed by atoms with Crippen molar-refractivity contribution in [2.24, 2.45) is 7.05 Å². The Bertz CT molecular complexity index is 945. The predicted molar refractivity (Wildman–Crippen MR) is 104 cm³/mol. The molecule has 0 aliphatic heterocycles. The molecule has 2 heterocycles. The maximum Gasteiger partial charge on any atom is 0.345 e. The highest BCUT2D eigenvalue weighted by atomic mass is 32.1. The maximum absolute atomic E-state index is 12.4. The molecule has 142 valence electrons. The van der Waals surface area contributed by atoms with Gasteiger partial charge >= 0.3 is 11.7 Å². The van der Waals surface area contributed by atoms with Crippen LogP contribution in [0.1, 0.15) is 4.88 Å². The topological polar surface area (TPSA) is 90.2 Å². The Balaban J connectivity index is 1.57. The summed E-state index contributed by atoms with van der Waals surface area (Å²) in [5.41, 5.74) is 0.581. The normalized spacial score (nSPS) is 10.6. The van der Waals surface area contributed by atoms with Crippen LogP contribution in [0.4, 0.5) is 4.79 Å². The Morgan fingerprint density at radius 3 is 2.67 bits per heavy atom. The summed E-state index contributed by atoms with van der Waals surface area (Å²) in [4.78, 5) is 25.3. The minimum Gasteiger partial charge on any atom is -0.497 e. The van der Waals surface area contributed by atoms with Gasteiger partial charge < -0.3 is 15.4 Å². The van der Waals surface area contributed by atoms with Gasteiger partial charge in [-0.3, -0.25) is 4.57 Å². The van der Waals surface area contributed by atoms with Gasteiger partial charge in [-0.15, -0.1) is 16.4 Å². The number of hydrogen-bond acceptors (Lipinski definition) is 5. The molecule has 9 heteroatoms. The minimum atomic E-state index is -0.275. The number of methoxy groups -OCH3 is 1. The summed E-state index contributed by atoms with van der Waals surface area (Å²) in [5, 5.41) is 11.8. The van der Waals surface area contributed by atoms with E-state index >= 15 is 0 Å². The van der Waals surface area contributed by atoms with E-state index in [1.54, 1.807) is 25.5 Å². The monoisotopic (exact) mass is 387 g/mol. The number of amides is 2. The van der Waals surface area contributed by atoms with Crippen molar-refractivity contribution < 1.29 is 9.53 Å². The standard InChI is InChI=1S/C18H21N5O3S/c1-22-16(13-5-7-14(26-2)8-6-13)21-23(18(22)25)10-9-19-17(24)20-12-15-4-3-11-27-15/h3-8,11H,9-10,12H2,1-2H3,(H2,19,20,24). The third kappa shape index (κ3) is 4.56. The molecule has 0 atom stereocenters. The molecule has 0 fully saturated rings. The van der Waals surface area contributed by atoms with E-state index in [0.29, 0.717) is 18.9 Å². The van der Waals surface area contributed by atoms with Gasteiger partial charge in [0.25, 0.3) is 0 Å². The molecule has 3 aromatic rings. The molecular formula is C18H21N5O3S. The second-order valence-electron chi connectivity index (χ2n) is 5.81. The molecule has 3 rings (SSSR count). The highest BCUT2D eigenvalue weighted by Crippen LogP contribution is 2.19. The zero-order valence-corrected chi connectivity index (χ0v) is 16.0. The summed E-state index contributed by atoms with van der Waals surface area (Å²) >= 11 is 1.58. The Labute approximate surface area is 160 Å². The molecule has 1 aromatic carbocycles. The summed E-state index contributed by atoms with van der Waals surface area (Å²) < 4.78 is 7.97. The molecule has 0 radical (unpaired) electrons. The van der Waals surface area contributed by atoms with E-state index in [0.717, 1.165) is 16.2 Å². The highest BCUT2D eigenvalue weighted by molar-refractivity contribution is 7.09. The van der Waals surface area contributed by atoms with Gasteiger partial charge in [0.1, 0.15) is 5.75 Å². The maximum atomic E-state index is 12.4. The quantitative estimate of drug-likeness (QED) is 0.647. The van der Waals surface area contributed by atoms with Crippen LogP contribution in [0.25, 0.3) is 11.4 Å². The molecule has 27 heavy (non-hydrogen) atoms. The lowest BCUT2D eigenvalue weighted by molar-refractivity contribution is 0.240. The van der Waals surface area contributed by atoms with Gasteiger partial charge in [0.05, 0.1) is 20.2 Å². The van der Waals surface area contributed by atoms with Gasteiger partial charge in [-0.1, -0.05) is 6.07 Å². The second kappa shape index (κ2) is 8.54. The number of urea groups is 1. The molecule has 0 aliphatic carbocycles. The Morgan fingerprint density at radius 2 is 2.00 bits per heavy atom. The summed E-state index contributed by atoms with van der Waals surface area (Å²) in [6.07, 6.45) is 0. The molecule has 0 bridgehead atoms. The number of aromatic nitrogens is 3. The number of rotatable bonds is 7. The molecule has 0 unspecified atom stereocenters. The summed E-state index contributed by atoms with van der Waals surface area (Å²) in [6.45, 7) is 1.07. The number of hydrogen-bond donors (Lipinski definition) is 2. The highest BCUT2D eigenvalue weighted by Gasteiger charge is 2.12. The van der Waals surface area contributed by atoms with Gasteiger partial charge in [-0.05, 0) is 35.7 Å². The van der Waals surface area contributed by atoms with Gasteiger partial charge in [-0.2, -0.15) is 0 Å². The van der Waals surface area contributed by atoms with Gasteiger partial charge in [0.15, 0.2) is 5.82 Å². The predicted octanol–water partition coefficient (Wildman–Crippen LogP) is 1.82. The number of thiophene rings is 1. The van der Waals surface area contributed by atoms with E-state index in [1.807, 2.05) is 41.8 Å². The third-order valence-electron chi connectivity index (χ3n) is 4.00. The fourth-order valence-corrected chi connectivity index (χ4v) is 3.19. The van der Waals surface area contributed by atoms with Crippen molar-refractivity contribution >= 4 is 17.4 Å². The van der Waals surface area contributed by atoms with Crippen molar-refractivity contribution in [3.05, 3.63) is 57.1 Å². The first-order chi connectivity index (χ1) is 13.1. The van der Waals surface area contributed by atoms with Crippen molar-refractivity contribution in [3.8, 4) is 17.1 Å². The third-order valence-corrected chi connectivity index (χ3v) is 4.88. The van der Waals surface area contributed by atoms with E-state index in [-0.39, 0.29) is 18.3 Å². The number of benzene rings is 1. The van der Waals surface area contributed by atoms with Crippen LogP contribution in [0.15, 0.2) is 46.6 Å². The SMILES string of the molecule is COc1ccc(-c2nn(CCNC(=O)NCc3cccs3)c(=O)n2C)cc1. The average Bonchev–Trinajstić information content (AvgIpc) is 3.30. The van der Waals surface area contributed by atoms with Crippen molar-refractivity contribution in [2.75, 3.05) is 13.7 Å². The van der Waals surface area contributed by atoms with E-state index in [1.165, 1.54) is 9.25 Å². The number of carbonyl (C=O) groups excluding carboxylic acids is 1. The molecule has 0 saturated carbocycles. The van der Waals surface area contributed by atoms with Crippen molar-refractivity contribution in [1.29, 1.82) is 0 Å². The van der Waals surface area contributed by atoms with Gasteiger partial charge in [0, 0.05) is 24.0 Å². The van der Waals surface area contributed by atoms with Crippen LogP contribution < -0.4 is 21.1 Å². The molecule has 0 spiro atoms. The van der Waals surface area contributed by atoms with Crippen LogP contribution in [-0.4, -0.2) is 34.0 Å². The summed E-state index contributed by atoms with van der Waals surface area (Å²) in [7, 11) is 3.27. The molecule has 2 amide bonds. The smallest absolute Gasteiger partial charge is 0.345 e. The lowest BCUT2D eigenvalue weighted by atomic mass is 10.2. The number of carbonyl (C=O) groups is 1. The van der Waals surface area contributed by atoms with E-state index in [9.17, 15) is 9.59 Å². The van der Waals surface area contributed by atoms with Crippen LogP contribution in [0, 0.1) is 0 Å². The zero-order valence-electron chi connectivity index (χ0n) is 15.1. The summed E-state index contributed by atoms with van der Waals surface area (Å²) in [5.74, 6) is 1.30. The lowest BCUT2D eigenvalue weighted by Gasteiger charge is -2.06. The van der Waals surface area contributed by atoms with E-state index < -0.39 is 0 Å². The van der Waals surface area contributed by atoms with Gasteiger partial charge in [0.2, 0.25) is 0 Å². The van der Waals surface area contributed by atoms with Crippen molar-refractivity contribution in [1.82, 2.24) is 25.0 Å². The van der Waals surface area contributed by atoms with Crippen LogP contribution >= 0.6 is 11.3 Å². The van der Waals surface area contributed by atoms with Crippen LogP contribution in [-0.2, 0) is 20.1 Å². The van der Waals surface area contributed by atoms with Crippen molar-refractivity contribution in [3.63, 3.8) is 0 Å². The molecule has 0 aliphatic rings. The van der Waals surface area contributed by atoms with E-state index in [4.69, 9.17) is 4.74 Å². The number of nitrogens with zero attached hydrogens (tertiary/aromatic N) is 3. The van der Waals surface area contributed by atoms with Crippen molar-refractivity contribution in [2.45, 2.75) is 13.1 Å². The van der Waals surface area contributed by atoms with E-state index in [2.05, 4.69) is 15.7 Å². The molecule has 2 N–H and O–H groups in total. The van der Waals surface area contributed by atoms with Crippen LogP contribution in [0.2, 0.25) is 0 Å². The Hall–Kier alpha value is -3.07. The molecular weight excluding hydrogens is 366 g/mol.